The zero-order valence-corrected chi connectivity index (χ0v) is 14.5. The van der Waals surface area contributed by atoms with Gasteiger partial charge in [-0.15, -0.1) is 11.8 Å². The first-order valence-corrected chi connectivity index (χ1v) is 8.98. The Morgan fingerprint density at radius 3 is 2.92 bits per heavy atom. The van der Waals surface area contributed by atoms with E-state index in [0.717, 1.165) is 6.42 Å². The van der Waals surface area contributed by atoms with E-state index in [4.69, 9.17) is 4.74 Å². The van der Waals surface area contributed by atoms with Gasteiger partial charge in [-0.25, -0.2) is 4.79 Å². The van der Waals surface area contributed by atoms with E-state index in [1.807, 2.05) is 6.92 Å². The average Bonchev–Trinajstić information content (AvgIpc) is 3.05. The summed E-state index contributed by atoms with van der Waals surface area (Å²) in [7, 11) is 0. The molecule has 0 unspecified atom stereocenters. The number of fused-ring (bicyclic) bond motifs is 1. The van der Waals surface area contributed by atoms with E-state index in [2.05, 4.69) is 5.32 Å². The van der Waals surface area contributed by atoms with Crippen LogP contribution in [0.25, 0.3) is 0 Å². The molecule has 2 aliphatic rings. The van der Waals surface area contributed by atoms with Gasteiger partial charge >= 0.3 is 5.97 Å². The third kappa shape index (κ3) is 2.88. The first-order chi connectivity index (χ1) is 11.5. The number of thioether (sulfide) groups is 1. The Labute approximate surface area is 144 Å². The second-order valence-corrected chi connectivity index (χ2v) is 7.52. The molecule has 2 heterocycles. The summed E-state index contributed by atoms with van der Waals surface area (Å²) in [5.74, 6) is -0.161. The van der Waals surface area contributed by atoms with Crippen LogP contribution in [0.15, 0.2) is 24.3 Å². The van der Waals surface area contributed by atoms with E-state index >= 15 is 0 Å². The molecule has 2 amide bonds. The van der Waals surface area contributed by atoms with E-state index in [-0.39, 0.29) is 23.3 Å². The fourth-order valence-electron chi connectivity index (χ4n) is 3.21. The van der Waals surface area contributed by atoms with Gasteiger partial charge in [0, 0.05) is 12.2 Å². The maximum atomic E-state index is 12.7. The van der Waals surface area contributed by atoms with Crippen LogP contribution in [-0.2, 0) is 14.3 Å². The van der Waals surface area contributed by atoms with Gasteiger partial charge in [0.1, 0.15) is 6.04 Å². The van der Waals surface area contributed by atoms with Crippen molar-refractivity contribution in [1.82, 2.24) is 4.90 Å². The van der Waals surface area contributed by atoms with E-state index in [1.165, 1.54) is 0 Å². The van der Waals surface area contributed by atoms with Gasteiger partial charge in [-0.3, -0.25) is 9.59 Å². The molecule has 2 fully saturated rings. The minimum atomic E-state index is -0.509. The van der Waals surface area contributed by atoms with E-state index in [9.17, 15) is 14.4 Å². The molecule has 6 nitrogen and oxygen atoms in total. The molecule has 1 aromatic carbocycles. The minimum Gasteiger partial charge on any atom is -0.462 e. The Kier molecular flexibility index (Phi) is 4.54. The van der Waals surface area contributed by atoms with Crippen LogP contribution >= 0.6 is 11.8 Å². The van der Waals surface area contributed by atoms with Crippen molar-refractivity contribution in [2.75, 3.05) is 17.7 Å². The summed E-state index contributed by atoms with van der Waals surface area (Å²) < 4.78 is 5.02. The predicted molar refractivity (Wildman–Crippen MR) is 91.8 cm³/mol. The second-order valence-electron chi connectivity index (χ2n) is 6.02. The number of carbonyl (C=O) groups is 3. The topological polar surface area (TPSA) is 75.7 Å². The molecule has 3 rings (SSSR count). The number of hydrogen-bond acceptors (Lipinski definition) is 5. The van der Waals surface area contributed by atoms with Gasteiger partial charge < -0.3 is 15.0 Å². The molecule has 0 aromatic heterocycles. The Bertz CT molecular complexity index is 693. The fraction of sp³-hybridized carbons (Fsp3) is 0.471. The monoisotopic (exact) mass is 348 g/mol. The Morgan fingerprint density at radius 1 is 1.42 bits per heavy atom. The van der Waals surface area contributed by atoms with Gasteiger partial charge in [0.2, 0.25) is 11.8 Å². The van der Waals surface area contributed by atoms with E-state index in [1.54, 1.807) is 47.9 Å². The van der Waals surface area contributed by atoms with Crippen molar-refractivity contribution in [1.29, 1.82) is 0 Å². The molecule has 0 spiro atoms. The summed E-state index contributed by atoms with van der Waals surface area (Å²) in [5.41, 5.74) is 0.722. The largest absolute Gasteiger partial charge is 0.462 e. The van der Waals surface area contributed by atoms with Crippen molar-refractivity contribution in [3.05, 3.63) is 29.8 Å². The van der Waals surface area contributed by atoms with Crippen LogP contribution in [0.4, 0.5) is 5.69 Å². The lowest BCUT2D eigenvalue weighted by atomic mass is 10.1. The highest BCUT2D eigenvalue weighted by molar-refractivity contribution is 8.01. The van der Waals surface area contributed by atoms with Crippen molar-refractivity contribution in [3.63, 3.8) is 0 Å². The smallest absolute Gasteiger partial charge is 0.340 e. The minimum absolute atomic E-state index is 0.0151. The Morgan fingerprint density at radius 2 is 2.17 bits per heavy atom. The van der Waals surface area contributed by atoms with E-state index < -0.39 is 12.0 Å². The lowest BCUT2D eigenvalue weighted by molar-refractivity contribution is -0.135. The third-order valence-electron chi connectivity index (χ3n) is 4.43. The molecule has 2 saturated heterocycles. The van der Waals surface area contributed by atoms with Gasteiger partial charge in [0.25, 0.3) is 0 Å². The Hall–Kier alpha value is -2.02. The summed E-state index contributed by atoms with van der Waals surface area (Å²) in [5, 5.41) is 2.80. The van der Waals surface area contributed by atoms with Crippen LogP contribution in [0, 0.1) is 0 Å². The maximum Gasteiger partial charge on any atom is 0.340 e. The van der Waals surface area contributed by atoms with Crippen LogP contribution in [0.3, 0.4) is 0 Å². The van der Waals surface area contributed by atoms with Crippen molar-refractivity contribution >= 4 is 35.2 Å². The second kappa shape index (κ2) is 6.47. The number of nitrogens with zero attached hydrogens (tertiary/aromatic N) is 1. The van der Waals surface area contributed by atoms with Crippen LogP contribution in [-0.4, -0.2) is 46.0 Å². The molecule has 24 heavy (non-hydrogen) atoms. The number of anilines is 1. The van der Waals surface area contributed by atoms with Crippen molar-refractivity contribution in [2.45, 2.75) is 37.6 Å². The Balaban J connectivity index is 1.79. The zero-order valence-electron chi connectivity index (χ0n) is 13.7. The molecular formula is C17H20N2O4S. The number of ether oxygens (including phenoxy) is 1. The summed E-state index contributed by atoms with van der Waals surface area (Å²) in [4.78, 5) is 38.3. The fourth-order valence-corrected chi connectivity index (χ4v) is 4.64. The molecule has 2 atom stereocenters. The number of esters is 1. The quantitative estimate of drug-likeness (QED) is 0.845. The lowest BCUT2D eigenvalue weighted by Crippen LogP contribution is -2.48. The predicted octanol–water partition coefficient (Wildman–Crippen LogP) is 2.26. The summed E-state index contributed by atoms with van der Waals surface area (Å²) in [6, 6.07) is 6.23. The van der Waals surface area contributed by atoms with Crippen LogP contribution in [0.1, 0.15) is 37.0 Å². The molecule has 128 valence electrons. The first-order valence-electron chi connectivity index (χ1n) is 7.99. The number of para-hydroxylation sites is 1. The summed E-state index contributed by atoms with van der Waals surface area (Å²) in [6.07, 6.45) is 1.24. The van der Waals surface area contributed by atoms with Gasteiger partial charge in [0.05, 0.1) is 22.7 Å². The first kappa shape index (κ1) is 16.8. The number of carbonyl (C=O) groups excluding carboxylic acids is 3. The van der Waals surface area contributed by atoms with Gasteiger partial charge in [-0.05, 0) is 32.4 Å². The van der Waals surface area contributed by atoms with E-state index in [0.29, 0.717) is 23.4 Å². The number of hydrogen-bond donors (Lipinski definition) is 1. The highest BCUT2D eigenvalue weighted by Gasteiger charge is 2.52. The number of rotatable bonds is 4. The lowest BCUT2D eigenvalue weighted by Gasteiger charge is -2.30. The van der Waals surface area contributed by atoms with Crippen molar-refractivity contribution in [2.24, 2.45) is 0 Å². The van der Waals surface area contributed by atoms with Gasteiger partial charge in [-0.2, -0.15) is 0 Å². The molecular weight excluding hydrogens is 328 g/mol. The average molecular weight is 348 g/mol. The highest BCUT2D eigenvalue weighted by Crippen LogP contribution is 2.47. The summed E-state index contributed by atoms with van der Waals surface area (Å²) in [6.45, 7) is 4.00. The molecule has 0 bridgehead atoms. The van der Waals surface area contributed by atoms with Gasteiger partial charge in [-0.1, -0.05) is 12.1 Å². The van der Waals surface area contributed by atoms with Crippen LogP contribution < -0.4 is 5.32 Å². The normalized spacial score (nSPS) is 25.5. The molecule has 0 radical (unpaired) electrons. The van der Waals surface area contributed by atoms with Crippen molar-refractivity contribution in [3.8, 4) is 0 Å². The standard InChI is InChI=1S/C17H20N2O4S/c1-3-23-16(22)11-6-4-5-7-12(11)18-15(21)13-10-24-17(2)9-8-14(20)19(13)17/h4-7,13H,3,8-10H2,1-2H3,(H,18,21)/t13-,17+/m0/s1. The van der Waals surface area contributed by atoms with Crippen molar-refractivity contribution < 1.29 is 19.1 Å². The number of amides is 2. The molecule has 1 aromatic rings. The molecule has 0 aliphatic carbocycles. The highest BCUT2D eigenvalue weighted by atomic mass is 32.2. The van der Waals surface area contributed by atoms with Gasteiger partial charge in [0.15, 0.2) is 0 Å². The number of benzene rings is 1. The molecule has 1 N–H and O–H groups in total. The maximum absolute atomic E-state index is 12.7. The molecule has 2 aliphatic heterocycles. The SMILES string of the molecule is CCOC(=O)c1ccccc1NC(=O)[C@@H]1CS[C@]2(C)CCC(=O)N12. The molecule has 7 heteroatoms. The van der Waals surface area contributed by atoms with Crippen LogP contribution in [0.2, 0.25) is 0 Å². The summed E-state index contributed by atoms with van der Waals surface area (Å²) >= 11 is 1.64. The zero-order chi connectivity index (χ0) is 17.3. The van der Waals surface area contributed by atoms with Crippen LogP contribution in [0.5, 0.6) is 0 Å². The molecule has 0 saturated carbocycles. The third-order valence-corrected chi connectivity index (χ3v) is 5.93. The number of nitrogens with one attached hydrogen (secondary N) is 1.